The number of hydrogen-bond donors (Lipinski definition) is 2. The van der Waals surface area contributed by atoms with Gasteiger partial charge in [-0.3, -0.25) is 4.79 Å². The highest BCUT2D eigenvalue weighted by Gasteiger charge is 2.51. The fraction of sp³-hybridized carbons (Fsp3) is 0.667. The molecule has 2 N–H and O–H groups in total. The molecule has 3 aliphatic rings. The Bertz CT molecular complexity index is 618. The summed E-state index contributed by atoms with van der Waals surface area (Å²) in [5.74, 6) is 0.0957. The number of likely N-dealkylation sites (tertiary alicyclic amines) is 1. The van der Waals surface area contributed by atoms with Crippen molar-refractivity contribution in [1.29, 1.82) is 0 Å². The van der Waals surface area contributed by atoms with E-state index >= 15 is 0 Å². The minimum absolute atomic E-state index is 0.347. The number of hydrogen-bond acceptors (Lipinski definition) is 3. The number of benzene rings is 1. The summed E-state index contributed by atoms with van der Waals surface area (Å²) in [5, 5.41) is 13.2. The van der Waals surface area contributed by atoms with Gasteiger partial charge >= 0.3 is 5.97 Å². The monoisotopic (exact) mass is 342 g/mol. The zero-order chi connectivity index (χ0) is 17.5. The fourth-order valence-corrected chi connectivity index (χ4v) is 4.31. The van der Waals surface area contributed by atoms with Crippen molar-refractivity contribution in [3.05, 3.63) is 35.9 Å². The molecule has 0 bridgehead atoms. The van der Waals surface area contributed by atoms with E-state index in [1.54, 1.807) is 0 Å². The minimum Gasteiger partial charge on any atom is -0.481 e. The molecular weight excluding hydrogens is 312 g/mol. The van der Waals surface area contributed by atoms with Crippen molar-refractivity contribution in [2.24, 2.45) is 10.8 Å². The summed E-state index contributed by atoms with van der Waals surface area (Å²) in [5.41, 5.74) is 1.40. The average molecular weight is 342 g/mol. The van der Waals surface area contributed by atoms with Crippen LogP contribution in [0.3, 0.4) is 0 Å². The molecule has 0 spiro atoms. The van der Waals surface area contributed by atoms with E-state index < -0.39 is 11.4 Å². The molecule has 0 amide bonds. The van der Waals surface area contributed by atoms with Crippen molar-refractivity contribution >= 4 is 5.97 Å². The Labute approximate surface area is 150 Å². The van der Waals surface area contributed by atoms with Gasteiger partial charge in [0.25, 0.3) is 0 Å². The quantitative estimate of drug-likeness (QED) is 0.799. The molecule has 4 nitrogen and oxygen atoms in total. The van der Waals surface area contributed by atoms with Crippen molar-refractivity contribution in [2.75, 3.05) is 26.2 Å². The molecule has 4 rings (SSSR count). The average Bonchev–Trinajstić information content (AvgIpc) is 3.52. The lowest BCUT2D eigenvalue weighted by Crippen LogP contribution is -2.46. The maximum atomic E-state index is 11.4. The van der Waals surface area contributed by atoms with Gasteiger partial charge in [-0.15, -0.1) is 0 Å². The predicted molar refractivity (Wildman–Crippen MR) is 98.7 cm³/mol. The number of aliphatic carboxylic acids is 1. The highest BCUT2D eigenvalue weighted by atomic mass is 16.4. The number of carboxylic acid groups (broad SMARTS) is 1. The smallest absolute Gasteiger partial charge is 0.310 e. The number of carbonyl (C=O) groups is 1. The van der Waals surface area contributed by atoms with Gasteiger partial charge in [-0.25, -0.2) is 0 Å². The molecular formula is C21H30N2O2. The molecule has 2 aliphatic carbocycles. The van der Waals surface area contributed by atoms with Crippen LogP contribution >= 0.6 is 0 Å². The molecule has 1 aliphatic heterocycles. The standard InChI is InChI=1S/C21H30N2O2/c1-20(14-22-18-13-17(18)16-5-3-2-4-6-16)9-11-23(12-10-20)15-21(7-8-21)19(24)25/h2-6,17-18,22H,7-15H2,1H3,(H,24,25). The van der Waals surface area contributed by atoms with Gasteiger partial charge in [0.05, 0.1) is 5.41 Å². The third-order valence-electron chi connectivity index (χ3n) is 6.71. The zero-order valence-electron chi connectivity index (χ0n) is 15.2. The summed E-state index contributed by atoms with van der Waals surface area (Å²) in [6.07, 6.45) is 5.31. The lowest BCUT2D eigenvalue weighted by Gasteiger charge is -2.40. The van der Waals surface area contributed by atoms with Crippen molar-refractivity contribution in [2.45, 2.75) is 51.0 Å². The first-order chi connectivity index (χ1) is 12.0. The molecule has 0 aromatic heterocycles. The third kappa shape index (κ3) is 3.75. The fourth-order valence-electron chi connectivity index (χ4n) is 4.31. The zero-order valence-corrected chi connectivity index (χ0v) is 15.2. The molecule has 25 heavy (non-hydrogen) atoms. The molecule has 3 fully saturated rings. The van der Waals surface area contributed by atoms with Crippen LogP contribution in [0.25, 0.3) is 0 Å². The first kappa shape index (κ1) is 17.0. The maximum absolute atomic E-state index is 11.4. The lowest BCUT2D eigenvalue weighted by molar-refractivity contribution is -0.144. The van der Waals surface area contributed by atoms with Gasteiger partial charge < -0.3 is 15.3 Å². The van der Waals surface area contributed by atoms with Crippen molar-refractivity contribution in [3.8, 4) is 0 Å². The van der Waals surface area contributed by atoms with E-state index in [-0.39, 0.29) is 0 Å². The van der Waals surface area contributed by atoms with Crippen LogP contribution in [0.4, 0.5) is 0 Å². The van der Waals surface area contributed by atoms with Crippen LogP contribution in [0.15, 0.2) is 30.3 Å². The molecule has 1 aromatic rings. The Balaban J connectivity index is 1.21. The van der Waals surface area contributed by atoms with Crippen molar-refractivity contribution < 1.29 is 9.90 Å². The summed E-state index contributed by atoms with van der Waals surface area (Å²) in [7, 11) is 0. The first-order valence-corrected chi connectivity index (χ1v) is 9.74. The SMILES string of the molecule is CC1(CNC2CC2c2ccccc2)CCN(CC2(C(=O)O)CC2)CC1. The van der Waals surface area contributed by atoms with Gasteiger partial charge in [-0.05, 0) is 56.2 Å². The summed E-state index contributed by atoms with van der Waals surface area (Å²) in [6.45, 7) is 6.31. The number of carboxylic acids is 1. The Morgan fingerprint density at radius 2 is 1.88 bits per heavy atom. The van der Waals surface area contributed by atoms with Gasteiger partial charge in [0, 0.05) is 25.0 Å². The molecule has 1 heterocycles. The Hall–Kier alpha value is -1.39. The van der Waals surface area contributed by atoms with E-state index in [1.165, 1.54) is 24.8 Å². The largest absolute Gasteiger partial charge is 0.481 e. The lowest BCUT2D eigenvalue weighted by atomic mass is 9.80. The highest BCUT2D eigenvalue weighted by Crippen LogP contribution is 2.47. The van der Waals surface area contributed by atoms with Crippen LogP contribution in [0, 0.1) is 10.8 Å². The minimum atomic E-state index is -0.594. The van der Waals surface area contributed by atoms with Crippen LogP contribution in [-0.2, 0) is 4.79 Å². The number of rotatable bonds is 7. The van der Waals surface area contributed by atoms with Crippen molar-refractivity contribution in [3.63, 3.8) is 0 Å². The van der Waals surface area contributed by atoms with Gasteiger partial charge in [0.2, 0.25) is 0 Å². The molecule has 2 saturated carbocycles. The van der Waals surface area contributed by atoms with E-state index in [0.29, 0.717) is 17.4 Å². The molecule has 2 atom stereocenters. The molecule has 1 saturated heterocycles. The second-order valence-electron chi connectivity index (χ2n) is 8.91. The Morgan fingerprint density at radius 1 is 1.20 bits per heavy atom. The summed E-state index contributed by atoms with van der Waals surface area (Å²) in [4.78, 5) is 13.8. The van der Waals surface area contributed by atoms with Crippen LogP contribution in [0.5, 0.6) is 0 Å². The summed E-state index contributed by atoms with van der Waals surface area (Å²) < 4.78 is 0. The number of nitrogens with zero attached hydrogens (tertiary/aromatic N) is 1. The third-order valence-corrected chi connectivity index (χ3v) is 6.71. The van der Waals surface area contributed by atoms with E-state index in [1.807, 2.05) is 0 Å². The summed E-state index contributed by atoms with van der Waals surface area (Å²) in [6, 6.07) is 11.5. The Kier molecular flexibility index (Phi) is 4.37. The van der Waals surface area contributed by atoms with Crippen LogP contribution in [-0.4, -0.2) is 48.2 Å². The van der Waals surface area contributed by atoms with E-state index in [2.05, 4.69) is 47.5 Å². The van der Waals surface area contributed by atoms with E-state index in [0.717, 1.165) is 39.0 Å². The van der Waals surface area contributed by atoms with E-state index in [9.17, 15) is 9.90 Å². The van der Waals surface area contributed by atoms with E-state index in [4.69, 9.17) is 0 Å². The van der Waals surface area contributed by atoms with Crippen LogP contribution < -0.4 is 5.32 Å². The first-order valence-electron chi connectivity index (χ1n) is 9.74. The predicted octanol–water partition coefficient (Wildman–Crippen LogP) is 3.10. The molecule has 0 radical (unpaired) electrons. The topological polar surface area (TPSA) is 52.6 Å². The van der Waals surface area contributed by atoms with Crippen molar-refractivity contribution in [1.82, 2.24) is 10.2 Å². The van der Waals surface area contributed by atoms with Gasteiger partial charge in [0.1, 0.15) is 0 Å². The second-order valence-corrected chi connectivity index (χ2v) is 8.91. The van der Waals surface area contributed by atoms with Gasteiger partial charge in [-0.2, -0.15) is 0 Å². The van der Waals surface area contributed by atoms with Crippen LogP contribution in [0.2, 0.25) is 0 Å². The number of nitrogens with one attached hydrogen (secondary N) is 1. The van der Waals surface area contributed by atoms with Crippen LogP contribution in [0.1, 0.15) is 50.5 Å². The number of piperidine rings is 1. The van der Waals surface area contributed by atoms with Gasteiger partial charge in [-0.1, -0.05) is 37.3 Å². The normalized spacial score (nSPS) is 30.0. The second kappa shape index (κ2) is 6.40. The van der Waals surface area contributed by atoms with Gasteiger partial charge in [0.15, 0.2) is 0 Å². The Morgan fingerprint density at radius 3 is 2.48 bits per heavy atom. The molecule has 2 unspecified atom stereocenters. The summed E-state index contributed by atoms with van der Waals surface area (Å²) >= 11 is 0. The maximum Gasteiger partial charge on any atom is 0.310 e. The molecule has 136 valence electrons. The molecule has 4 heteroatoms. The highest BCUT2D eigenvalue weighted by molar-refractivity contribution is 5.78. The molecule has 1 aromatic carbocycles.